The van der Waals surface area contributed by atoms with E-state index in [1.807, 2.05) is 0 Å². The SMILES string of the molecule is O=C(OCCNc1ccc([N+](=O)[O-])cn1)c1cc2ccccc2oc1=O. The molecule has 1 aromatic carbocycles. The van der Waals surface area contributed by atoms with E-state index < -0.39 is 16.5 Å². The van der Waals surface area contributed by atoms with Crippen LogP contribution in [0.2, 0.25) is 0 Å². The van der Waals surface area contributed by atoms with Crippen molar-refractivity contribution in [3.63, 3.8) is 0 Å². The average Bonchev–Trinajstić information content (AvgIpc) is 2.64. The summed E-state index contributed by atoms with van der Waals surface area (Å²) in [6.07, 6.45) is 1.12. The number of benzene rings is 1. The number of nitro groups is 1. The highest BCUT2D eigenvalue weighted by Crippen LogP contribution is 2.13. The van der Waals surface area contributed by atoms with Gasteiger partial charge in [0.25, 0.3) is 5.69 Å². The molecular formula is C17H13N3O6. The van der Waals surface area contributed by atoms with Crippen LogP contribution in [0.3, 0.4) is 0 Å². The van der Waals surface area contributed by atoms with Crippen LogP contribution in [-0.4, -0.2) is 29.0 Å². The molecule has 1 N–H and O–H groups in total. The van der Waals surface area contributed by atoms with Gasteiger partial charge >= 0.3 is 11.6 Å². The number of hydrogen-bond donors (Lipinski definition) is 1. The topological polar surface area (TPSA) is 125 Å². The second-order valence-corrected chi connectivity index (χ2v) is 5.21. The number of para-hydroxylation sites is 1. The Kier molecular flexibility index (Phi) is 4.88. The lowest BCUT2D eigenvalue weighted by Gasteiger charge is -2.07. The molecule has 9 heteroatoms. The van der Waals surface area contributed by atoms with Crippen molar-refractivity contribution in [1.82, 2.24) is 4.98 Å². The summed E-state index contributed by atoms with van der Waals surface area (Å²) in [5.41, 5.74) is -0.680. The second-order valence-electron chi connectivity index (χ2n) is 5.21. The van der Waals surface area contributed by atoms with Crippen LogP contribution in [0.1, 0.15) is 10.4 Å². The number of fused-ring (bicyclic) bond motifs is 1. The molecule has 0 unspecified atom stereocenters. The van der Waals surface area contributed by atoms with Crippen molar-refractivity contribution in [3.05, 3.63) is 74.8 Å². The zero-order valence-corrected chi connectivity index (χ0v) is 13.4. The van der Waals surface area contributed by atoms with Gasteiger partial charge in [0.1, 0.15) is 29.8 Å². The first-order valence-corrected chi connectivity index (χ1v) is 7.59. The van der Waals surface area contributed by atoms with Crippen LogP contribution in [0.5, 0.6) is 0 Å². The van der Waals surface area contributed by atoms with E-state index in [9.17, 15) is 19.7 Å². The lowest BCUT2D eigenvalue weighted by atomic mass is 10.2. The Balaban J connectivity index is 1.56. The van der Waals surface area contributed by atoms with Gasteiger partial charge in [-0.05, 0) is 18.2 Å². The molecule has 0 atom stereocenters. The molecule has 3 rings (SSSR count). The number of anilines is 1. The number of nitrogens with zero attached hydrogens (tertiary/aromatic N) is 2. The number of carbonyl (C=O) groups is 1. The molecule has 132 valence electrons. The zero-order valence-electron chi connectivity index (χ0n) is 13.4. The van der Waals surface area contributed by atoms with Crippen LogP contribution in [0.25, 0.3) is 11.0 Å². The van der Waals surface area contributed by atoms with Gasteiger partial charge < -0.3 is 14.5 Å². The Morgan fingerprint density at radius 2 is 2.08 bits per heavy atom. The third-order valence-electron chi connectivity index (χ3n) is 3.46. The highest BCUT2D eigenvalue weighted by molar-refractivity contribution is 5.92. The molecule has 0 bridgehead atoms. The summed E-state index contributed by atoms with van der Waals surface area (Å²) in [5, 5.41) is 14.0. The van der Waals surface area contributed by atoms with Crippen molar-refractivity contribution >= 4 is 28.4 Å². The molecule has 2 heterocycles. The summed E-state index contributed by atoms with van der Waals surface area (Å²) in [4.78, 5) is 37.8. The van der Waals surface area contributed by atoms with E-state index in [4.69, 9.17) is 9.15 Å². The van der Waals surface area contributed by atoms with E-state index in [-0.39, 0.29) is 24.4 Å². The maximum Gasteiger partial charge on any atom is 0.351 e. The third-order valence-corrected chi connectivity index (χ3v) is 3.46. The van der Waals surface area contributed by atoms with E-state index in [2.05, 4.69) is 10.3 Å². The number of esters is 1. The molecular weight excluding hydrogens is 342 g/mol. The van der Waals surface area contributed by atoms with Crippen molar-refractivity contribution in [3.8, 4) is 0 Å². The van der Waals surface area contributed by atoms with Gasteiger partial charge in [-0.15, -0.1) is 0 Å². The molecule has 3 aromatic rings. The highest BCUT2D eigenvalue weighted by Gasteiger charge is 2.15. The summed E-state index contributed by atoms with van der Waals surface area (Å²) < 4.78 is 10.1. The first kappa shape index (κ1) is 17.1. The van der Waals surface area contributed by atoms with Gasteiger partial charge in [-0.3, -0.25) is 10.1 Å². The number of pyridine rings is 1. The molecule has 0 aliphatic carbocycles. The molecule has 2 aromatic heterocycles. The molecule has 0 spiro atoms. The lowest BCUT2D eigenvalue weighted by molar-refractivity contribution is -0.385. The Labute approximate surface area is 146 Å². The molecule has 0 fully saturated rings. The first-order chi connectivity index (χ1) is 12.5. The highest BCUT2D eigenvalue weighted by atomic mass is 16.6. The Morgan fingerprint density at radius 3 is 2.81 bits per heavy atom. The fraction of sp³-hybridized carbons (Fsp3) is 0.118. The summed E-state index contributed by atoms with van der Waals surface area (Å²) in [6.45, 7) is 0.194. The van der Waals surface area contributed by atoms with Crippen molar-refractivity contribution in [2.45, 2.75) is 0 Å². The molecule has 0 saturated heterocycles. The number of aromatic nitrogens is 1. The maximum atomic E-state index is 12.0. The van der Waals surface area contributed by atoms with Gasteiger partial charge in [0, 0.05) is 11.5 Å². The Bertz CT molecular complexity index is 1010. The monoisotopic (exact) mass is 355 g/mol. The molecule has 0 radical (unpaired) electrons. The molecule has 0 aliphatic rings. The van der Waals surface area contributed by atoms with E-state index >= 15 is 0 Å². The normalized spacial score (nSPS) is 10.5. The van der Waals surface area contributed by atoms with Gasteiger partial charge in [0.05, 0.1) is 11.5 Å². The molecule has 0 saturated carbocycles. The van der Waals surface area contributed by atoms with Crippen molar-refractivity contribution in [2.75, 3.05) is 18.5 Å². The maximum absolute atomic E-state index is 12.0. The van der Waals surface area contributed by atoms with E-state index in [1.54, 1.807) is 24.3 Å². The number of rotatable bonds is 6. The largest absolute Gasteiger partial charge is 0.460 e. The first-order valence-electron chi connectivity index (χ1n) is 7.59. The Morgan fingerprint density at radius 1 is 1.27 bits per heavy atom. The summed E-state index contributed by atoms with van der Waals surface area (Å²) in [5.74, 6) is -0.389. The van der Waals surface area contributed by atoms with E-state index in [1.165, 1.54) is 18.2 Å². The van der Waals surface area contributed by atoms with E-state index in [0.717, 1.165) is 6.20 Å². The molecule has 26 heavy (non-hydrogen) atoms. The van der Waals surface area contributed by atoms with Crippen LogP contribution in [-0.2, 0) is 4.74 Å². The van der Waals surface area contributed by atoms with Crippen LogP contribution >= 0.6 is 0 Å². The fourth-order valence-corrected chi connectivity index (χ4v) is 2.20. The molecule has 9 nitrogen and oxygen atoms in total. The van der Waals surface area contributed by atoms with Crippen molar-refractivity contribution in [2.24, 2.45) is 0 Å². The minimum atomic E-state index is -0.789. The van der Waals surface area contributed by atoms with Crippen LogP contribution in [0.4, 0.5) is 11.5 Å². The third kappa shape index (κ3) is 3.83. The van der Waals surface area contributed by atoms with E-state index in [0.29, 0.717) is 16.8 Å². The van der Waals surface area contributed by atoms with Crippen LogP contribution in [0.15, 0.2) is 57.9 Å². The number of nitrogens with one attached hydrogen (secondary N) is 1. The minimum absolute atomic E-state index is 0.0240. The van der Waals surface area contributed by atoms with Gasteiger partial charge in [0.2, 0.25) is 0 Å². The number of carbonyl (C=O) groups excluding carboxylic acids is 1. The summed E-state index contributed by atoms with van der Waals surface area (Å²) in [7, 11) is 0. The zero-order chi connectivity index (χ0) is 18.5. The quantitative estimate of drug-likeness (QED) is 0.235. The van der Waals surface area contributed by atoms with Crippen LogP contribution < -0.4 is 10.9 Å². The van der Waals surface area contributed by atoms with Crippen LogP contribution in [0, 0.1) is 10.1 Å². The number of hydrogen-bond acceptors (Lipinski definition) is 8. The fourth-order valence-electron chi connectivity index (χ4n) is 2.20. The minimum Gasteiger partial charge on any atom is -0.460 e. The Hall–Kier alpha value is -3.75. The van der Waals surface area contributed by atoms with Gasteiger partial charge in [0.15, 0.2) is 0 Å². The lowest BCUT2D eigenvalue weighted by Crippen LogP contribution is -2.19. The van der Waals surface area contributed by atoms with Gasteiger partial charge in [-0.25, -0.2) is 14.6 Å². The predicted octanol–water partition coefficient (Wildman–Crippen LogP) is 2.37. The summed E-state index contributed by atoms with van der Waals surface area (Å²) >= 11 is 0. The molecule has 0 aliphatic heterocycles. The predicted molar refractivity (Wildman–Crippen MR) is 92.1 cm³/mol. The molecule has 0 amide bonds. The summed E-state index contributed by atoms with van der Waals surface area (Å²) in [6, 6.07) is 11.0. The second kappa shape index (κ2) is 7.43. The smallest absolute Gasteiger partial charge is 0.351 e. The van der Waals surface area contributed by atoms with Gasteiger partial charge in [-0.2, -0.15) is 0 Å². The standard InChI is InChI=1S/C17H13N3O6/c21-16(13-9-11-3-1-2-4-14(11)26-17(13)22)25-8-7-18-15-6-5-12(10-19-15)20(23)24/h1-6,9-10H,7-8H2,(H,18,19). The number of ether oxygens (including phenoxy) is 1. The van der Waals surface area contributed by atoms with Crippen molar-refractivity contribution < 1.29 is 18.9 Å². The van der Waals surface area contributed by atoms with Crippen molar-refractivity contribution in [1.29, 1.82) is 0 Å². The average molecular weight is 355 g/mol. The van der Waals surface area contributed by atoms with Gasteiger partial charge in [-0.1, -0.05) is 18.2 Å².